The molecule has 0 saturated carbocycles. The minimum absolute atomic E-state index is 0.0869. The number of methoxy groups -OCH3 is 1. The number of rotatable bonds is 7. The van der Waals surface area contributed by atoms with Crippen LogP contribution < -0.4 is 9.64 Å². The van der Waals surface area contributed by atoms with E-state index in [4.69, 9.17) is 9.72 Å². The van der Waals surface area contributed by atoms with Gasteiger partial charge in [0.1, 0.15) is 10.8 Å². The van der Waals surface area contributed by atoms with Crippen LogP contribution in [0.1, 0.15) is 21.6 Å². The standard InChI is InChI=1S/C33H32N4O2S/c1-24-29(33(38)36-19-17-35(18-20-36)27-11-7-4-8-12-27)21-31(37(24)22-25-9-5-3-6-10-25)30-23-40-32(34-30)26-13-15-28(39-2)16-14-26/h3-16,21,23H,17-20,22H2,1-2H3. The van der Waals surface area contributed by atoms with E-state index >= 15 is 0 Å². The van der Waals surface area contributed by atoms with Gasteiger partial charge >= 0.3 is 0 Å². The van der Waals surface area contributed by atoms with Gasteiger partial charge < -0.3 is 19.1 Å². The molecule has 5 aromatic rings. The molecule has 3 heterocycles. The maximum atomic E-state index is 13.9. The predicted octanol–water partition coefficient (Wildman–Crippen LogP) is 6.61. The molecule has 1 amide bonds. The van der Waals surface area contributed by atoms with Crippen LogP contribution in [0.5, 0.6) is 5.75 Å². The number of anilines is 1. The van der Waals surface area contributed by atoms with Crippen LogP contribution in [0.3, 0.4) is 0 Å². The zero-order valence-corrected chi connectivity index (χ0v) is 23.6. The van der Waals surface area contributed by atoms with Crippen LogP contribution in [0.15, 0.2) is 96.4 Å². The number of hydrogen-bond acceptors (Lipinski definition) is 5. The van der Waals surface area contributed by atoms with Gasteiger partial charge in [-0.1, -0.05) is 48.5 Å². The summed E-state index contributed by atoms with van der Waals surface area (Å²) in [6.07, 6.45) is 0. The quantitative estimate of drug-likeness (QED) is 0.230. The van der Waals surface area contributed by atoms with E-state index in [1.165, 1.54) is 11.3 Å². The predicted molar refractivity (Wildman–Crippen MR) is 162 cm³/mol. The highest BCUT2D eigenvalue weighted by atomic mass is 32.1. The molecule has 40 heavy (non-hydrogen) atoms. The maximum absolute atomic E-state index is 13.9. The lowest BCUT2D eigenvalue weighted by atomic mass is 10.1. The average molecular weight is 549 g/mol. The number of aromatic nitrogens is 2. The van der Waals surface area contributed by atoms with E-state index in [0.717, 1.165) is 52.1 Å². The smallest absolute Gasteiger partial charge is 0.255 e. The number of nitrogens with zero attached hydrogens (tertiary/aromatic N) is 4. The van der Waals surface area contributed by atoms with E-state index < -0.39 is 0 Å². The third-order valence-corrected chi connectivity index (χ3v) is 8.46. The molecule has 0 aliphatic carbocycles. The summed E-state index contributed by atoms with van der Waals surface area (Å²) in [6.45, 7) is 5.77. The van der Waals surface area contributed by atoms with Crippen LogP contribution in [0.25, 0.3) is 22.0 Å². The summed E-state index contributed by atoms with van der Waals surface area (Å²) in [5, 5.41) is 3.02. The number of hydrogen-bond donors (Lipinski definition) is 0. The normalized spacial score (nSPS) is 13.4. The fraction of sp³-hybridized carbons (Fsp3) is 0.212. The highest BCUT2D eigenvalue weighted by Crippen LogP contribution is 2.33. The maximum Gasteiger partial charge on any atom is 0.255 e. The van der Waals surface area contributed by atoms with E-state index in [1.54, 1.807) is 18.4 Å². The molecule has 1 aliphatic rings. The zero-order chi connectivity index (χ0) is 27.5. The molecule has 0 N–H and O–H groups in total. The summed E-state index contributed by atoms with van der Waals surface area (Å²) in [5.41, 5.74) is 6.99. The van der Waals surface area contributed by atoms with Crippen molar-refractivity contribution >= 4 is 22.9 Å². The molecule has 0 unspecified atom stereocenters. The first kappa shape index (κ1) is 25.9. The Hall–Kier alpha value is -4.36. The van der Waals surface area contributed by atoms with Gasteiger partial charge in [-0.2, -0.15) is 0 Å². The van der Waals surface area contributed by atoms with E-state index in [0.29, 0.717) is 19.6 Å². The second kappa shape index (κ2) is 11.4. The van der Waals surface area contributed by atoms with Gasteiger partial charge in [-0.05, 0) is 55.0 Å². The molecule has 1 saturated heterocycles. The number of benzene rings is 3. The Morgan fingerprint density at radius 1 is 0.900 bits per heavy atom. The number of ether oxygens (including phenoxy) is 1. The summed E-state index contributed by atoms with van der Waals surface area (Å²) >= 11 is 1.61. The first-order valence-electron chi connectivity index (χ1n) is 13.5. The Morgan fingerprint density at radius 2 is 1.57 bits per heavy atom. The van der Waals surface area contributed by atoms with Crippen molar-refractivity contribution in [3.63, 3.8) is 0 Å². The van der Waals surface area contributed by atoms with Crippen molar-refractivity contribution in [3.8, 4) is 27.7 Å². The van der Waals surface area contributed by atoms with E-state index in [9.17, 15) is 4.79 Å². The summed E-state index contributed by atoms with van der Waals surface area (Å²) in [6, 6.07) is 30.8. The van der Waals surface area contributed by atoms with Crippen molar-refractivity contribution in [2.24, 2.45) is 0 Å². The second-order valence-electron chi connectivity index (χ2n) is 9.98. The molecule has 7 heteroatoms. The Morgan fingerprint density at radius 3 is 2.25 bits per heavy atom. The van der Waals surface area contributed by atoms with Crippen molar-refractivity contribution in [2.75, 3.05) is 38.2 Å². The van der Waals surface area contributed by atoms with Gasteiger partial charge in [0.2, 0.25) is 0 Å². The minimum atomic E-state index is 0.0869. The van der Waals surface area contributed by atoms with Gasteiger partial charge in [0.15, 0.2) is 0 Å². The fourth-order valence-electron chi connectivity index (χ4n) is 5.28. The van der Waals surface area contributed by atoms with Crippen LogP contribution in [0.2, 0.25) is 0 Å². The van der Waals surface area contributed by atoms with Crippen LogP contribution in [0.4, 0.5) is 5.69 Å². The first-order valence-corrected chi connectivity index (χ1v) is 14.4. The molecule has 3 aromatic carbocycles. The number of thiazole rings is 1. The lowest BCUT2D eigenvalue weighted by Crippen LogP contribution is -2.48. The summed E-state index contributed by atoms with van der Waals surface area (Å²) in [4.78, 5) is 23.2. The van der Waals surface area contributed by atoms with Gasteiger partial charge in [-0.15, -0.1) is 11.3 Å². The number of amides is 1. The van der Waals surface area contributed by atoms with E-state index in [1.807, 2.05) is 47.4 Å². The van der Waals surface area contributed by atoms with E-state index in [-0.39, 0.29) is 5.91 Å². The van der Waals surface area contributed by atoms with Gasteiger partial charge in [0.25, 0.3) is 5.91 Å². The molecule has 6 rings (SSSR count). The van der Waals surface area contributed by atoms with Crippen molar-refractivity contribution in [3.05, 3.63) is 113 Å². The molecule has 0 spiro atoms. The monoisotopic (exact) mass is 548 g/mol. The van der Waals surface area contributed by atoms with Gasteiger partial charge in [-0.25, -0.2) is 4.98 Å². The topological polar surface area (TPSA) is 50.6 Å². The van der Waals surface area contributed by atoms with Gasteiger partial charge in [0.05, 0.1) is 24.1 Å². The van der Waals surface area contributed by atoms with Crippen LogP contribution >= 0.6 is 11.3 Å². The molecular weight excluding hydrogens is 516 g/mol. The Bertz CT molecular complexity index is 1580. The summed E-state index contributed by atoms with van der Waals surface area (Å²) in [5.74, 6) is 0.907. The molecule has 2 aromatic heterocycles. The number of carbonyl (C=O) groups excluding carboxylic acids is 1. The molecule has 0 bridgehead atoms. The van der Waals surface area contributed by atoms with Crippen molar-refractivity contribution in [2.45, 2.75) is 13.5 Å². The molecule has 6 nitrogen and oxygen atoms in total. The number of carbonyl (C=O) groups is 1. The van der Waals surface area contributed by atoms with Gasteiger partial charge in [-0.3, -0.25) is 4.79 Å². The molecule has 0 atom stereocenters. The summed E-state index contributed by atoms with van der Waals surface area (Å²) in [7, 11) is 1.67. The molecule has 1 fully saturated rings. The van der Waals surface area contributed by atoms with Crippen molar-refractivity contribution in [1.82, 2.24) is 14.5 Å². The van der Waals surface area contributed by atoms with Crippen LogP contribution in [-0.2, 0) is 6.54 Å². The Balaban J connectivity index is 1.30. The average Bonchev–Trinajstić information content (AvgIpc) is 3.63. The zero-order valence-electron chi connectivity index (χ0n) is 22.8. The summed E-state index contributed by atoms with van der Waals surface area (Å²) < 4.78 is 7.54. The molecule has 1 aliphatic heterocycles. The van der Waals surface area contributed by atoms with Crippen molar-refractivity contribution in [1.29, 1.82) is 0 Å². The van der Waals surface area contributed by atoms with E-state index in [2.05, 4.69) is 70.3 Å². The SMILES string of the molecule is COc1ccc(-c2nc(-c3cc(C(=O)N4CCN(c5ccccc5)CC4)c(C)n3Cc3ccccc3)cs2)cc1. The highest BCUT2D eigenvalue weighted by molar-refractivity contribution is 7.13. The third kappa shape index (κ3) is 5.25. The Kier molecular flexibility index (Phi) is 7.38. The van der Waals surface area contributed by atoms with Crippen LogP contribution in [0, 0.1) is 6.92 Å². The van der Waals surface area contributed by atoms with Crippen molar-refractivity contribution < 1.29 is 9.53 Å². The lowest BCUT2D eigenvalue weighted by molar-refractivity contribution is 0.0746. The molecule has 0 radical (unpaired) electrons. The van der Waals surface area contributed by atoms with Gasteiger partial charge in [0, 0.05) is 55.0 Å². The number of piperazine rings is 1. The number of para-hydroxylation sites is 1. The Labute approximate surface area is 239 Å². The molecular formula is C33H32N4O2S. The minimum Gasteiger partial charge on any atom is -0.497 e. The molecule has 202 valence electrons. The van der Waals surface area contributed by atoms with Crippen LogP contribution in [-0.4, -0.2) is 53.6 Å². The lowest BCUT2D eigenvalue weighted by Gasteiger charge is -2.36. The highest BCUT2D eigenvalue weighted by Gasteiger charge is 2.27. The second-order valence-corrected chi connectivity index (χ2v) is 10.8. The fourth-order valence-corrected chi connectivity index (χ4v) is 6.10. The first-order chi connectivity index (χ1) is 19.6. The third-order valence-electron chi connectivity index (χ3n) is 7.57. The largest absolute Gasteiger partial charge is 0.497 e.